The van der Waals surface area contributed by atoms with Crippen LogP contribution in [0.4, 0.5) is 0 Å². The zero-order valence-corrected chi connectivity index (χ0v) is 20.8. The van der Waals surface area contributed by atoms with Crippen molar-refractivity contribution in [1.29, 1.82) is 0 Å². The molecule has 0 spiro atoms. The number of hydrogen-bond acceptors (Lipinski definition) is 5. The van der Waals surface area contributed by atoms with E-state index in [1.54, 1.807) is 6.08 Å². The van der Waals surface area contributed by atoms with Gasteiger partial charge in [0.05, 0.1) is 13.2 Å². The zero-order valence-electron chi connectivity index (χ0n) is 20.8. The maximum Gasteiger partial charge on any atom is 0.316 e. The van der Waals surface area contributed by atoms with Crippen LogP contribution in [-0.2, 0) is 19.1 Å². The first kappa shape index (κ1) is 26.2. The van der Waals surface area contributed by atoms with Crippen molar-refractivity contribution < 1.29 is 24.2 Å². The van der Waals surface area contributed by atoms with Crippen molar-refractivity contribution in [3.8, 4) is 0 Å². The smallest absolute Gasteiger partial charge is 0.316 e. The summed E-state index contributed by atoms with van der Waals surface area (Å²) in [6.45, 7) is 12.5. The van der Waals surface area contributed by atoms with Gasteiger partial charge >= 0.3 is 5.97 Å². The number of aliphatic hydroxyl groups is 1. The van der Waals surface area contributed by atoms with Gasteiger partial charge < -0.3 is 14.6 Å². The van der Waals surface area contributed by atoms with E-state index in [1.165, 1.54) is 18.3 Å². The van der Waals surface area contributed by atoms with Crippen molar-refractivity contribution in [2.45, 2.75) is 86.2 Å². The number of fused-ring (bicyclic) bond motifs is 4. The molecule has 5 atom stereocenters. The molecule has 5 nitrogen and oxygen atoms in total. The third-order valence-corrected chi connectivity index (χ3v) is 7.95. The second-order valence-electron chi connectivity index (χ2n) is 9.48. The Kier molecular flexibility index (Phi) is 8.44. The number of esters is 1. The van der Waals surface area contributed by atoms with Gasteiger partial charge in [0.1, 0.15) is 12.2 Å². The van der Waals surface area contributed by atoms with Crippen LogP contribution >= 0.6 is 0 Å². The van der Waals surface area contributed by atoms with Gasteiger partial charge in [0.25, 0.3) is 0 Å². The summed E-state index contributed by atoms with van der Waals surface area (Å²) in [5, 5.41) is 11.2. The topological polar surface area (TPSA) is 80.7 Å². The van der Waals surface area contributed by atoms with Crippen LogP contribution in [0.15, 0.2) is 34.4 Å². The first-order valence-corrected chi connectivity index (χ1v) is 12.0. The van der Waals surface area contributed by atoms with Crippen molar-refractivity contribution >= 4 is 18.0 Å². The van der Waals surface area contributed by atoms with Gasteiger partial charge in [-0.1, -0.05) is 53.2 Å². The fraction of sp³-hybridized carbons (Fsp3) is 0.667. The van der Waals surface area contributed by atoms with Gasteiger partial charge in [0.2, 0.25) is 0 Å². The molecule has 0 aromatic carbocycles. The predicted octanol–water partition coefficient (Wildman–Crippen LogP) is 5.13. The van der Waals surface area contributed by atoms with Crippen LogP contribution in [0, 0.1) is 22.7 Å². The molecule has 1 N–H and O–H groups in total. The average Bonchev–Trinajstić information content (AvgIpc) is 3.11. The van der Waals surface area contributed by atoms with Crippen LogP contribution < -0.4 is 0 Å². The van der Waals surface area contributed by atoms with E-state index in [0.717, 1.165) is 31.1 Å². The Balaban J connectivity index is 0.000000547. The molecule has 0 bridgehead atoms. The SMILES string of the molecule is CC.CCC=O.COC(=O)C1C2=C(CCC3(C)C2=CCC3C)C2(C)CCC(=O)C=C2[C@H]1O. The van der Waals surface area contributed by atoms with E-state index in [2.05, 4.69) is 26.8 Å². The van der Waals surface area contributed by atoms with Crippen molar-refractivity contribution in [1.82, 2.24) is 0 Å². The molecule has 4 rings (SSSR count). The molecular weight excluding hydrogens is 404 g/mol. The summed E-state index contributed by atoms with van der Waals surface area (Å²) in [7, 11) is 1.37. The number of carbonyl (C=O) groups excluding carboxylic acids is 3. The van der Waals surface area contributed by atoms with Gasteiger partial charge in [-0.25, -0.2) is 0 Å². The highest BCUT2D eigenvalue weighted by atomic mass is 16.5. The fourth-order valence-corrected chi connectivity index (χ4v) is 5.83. The molecule has 4 unspecified atom stereocenters. The number of methoxy groups -OCH3 is 1. The molecule has 4 aliphatic rings. The Morgan fingerprint density at radius 1 is 1.25 bits per heavy atom. The van der Waals surface area contributed by atoms with Crippen molar-refractivity contribution in [2.75, 3.05) is 7.11 Å². The summed E-state index contributed by atoms with van der Waals surface area (Å²) >= 11 is 0. The highest BCUT2D eigenvalue weighted by Gasteiger charge is 2.56. The van der Waals surface area contributed by atoms with E-state index in [9.17, 15) is 19.5 Å². The Bertz CT molecular complexity index is 848. The standard InChI is InChI=1S/C22H28O4.C3H6O.C2H6/c1-12-5-6-14-17-15(8-10-21(12,14)2)22(3)9-7-13(23)11-16(22)19(24)18(17)20(25)26-4;1-2-3-4;1-2/h6,11-12,18-19,24H,5,7-10H2,1-4H3;3H,2H2,1H3;1-2H3/t12?,18?,19-,21?,22?;;/m1../s1. The maximum absolute atomic E-state index is 12.7. The van der Waals surface area contributed by atoms with Crippen LogP contribution in [0.25, 0.3) is 0 Å². The van der Waals surface area contributed by atoms with E-state index in [-0.39, 0.29) is 16.6 Å². The van der Waals surface area contributed by atoms with Crippen molar-refractivity contribution in [2.24, 2.45) is 22.7 Å². The molecule has 4 aliphatic carbocycles. The number of allylic oxidation sites excluding steroid dienone is 4. The third-order valence-electron chi connectivity index (χ3n) is 7.95. The summed E-state index contributed by atoms with van der Waals surface area (Å²) in [6.07, 6.45) is 8.57. The van der Waals surface area contributed by atoms with Crippen LogP contribution in [0.2, 0.25) is 0 Å². The second-order valence-corrected chi connectivity index (χ2v) is 9.48. The first-order valence-electron chi connectivity index (χ1n) is 12.0. The lowest BCUT2D eigenvalue weighted by atomic mass is 9.52. The van der Waals surface area contributed by atoms with Crippen LogP contribution in [0.5, 0.6) is 0 Å². The number of carbonyl (C=O) groups is 3. The van der Waals surface area contributed by atoms with Crippen LogP contribution in [0.3, 0.4) is 0 Å². The monoisotopic (exact) mass is 444 g/mol. The maximum atomic E-state index is 12.7. The van der Waals surface area contributed by atoms with Gasteiger partial charge in [0, 0.05) is 18.3 Å². The molecule has 0 aliphatic heterocycles. The van der Waals surface area contributed by atoms with Gasteiger partial charge in [-0.15, -0.1) is 0 Å². The number of rotatable bonds is 2. The number of ether oxygens (including phenoxy) is 1. The highest BCUT2D eigenvalue weighted by molar-refractivity contribution is 5.93. The fourth-order valence-electron chi connectivity index (χ4n) is 5.83. The quantitative estimate of drug-likeness (QED) is 0.472. The molecule has 0 amide bonds. The summed E-state index contributed by atoms with van der Waals surface area (Å²) in [5.74, 6) is -0.565. The van der Waals surface area contributed by atoms with Gasteiger partial charge in [-0.3, -0.25) is 9.59 Å². The molecule has 0 aromatic rings. The molecule has 0 fully saturated rings. The minimum absolute atomic E-state index is 0.0403. The van der Waals surface area contributed by atoms with Gasteiger partial charge in [0.15, 0.2) is 5.78 Å². The molecule has 0 saturated carbocycles. The van der Waals surface area contributed by atoms with E-state index in [4.69, 9.17) is 4.74 Å². The molecule has 0 radical (unpaired) electrons. The normalized spacial score (nSPS) is 34.9. The Morgan fingerprint density at radius 3 is 2.44 bits per heavy atom. The van der Waals surface area contributed by atoms with E-state index in [0.29, 0.717) is 30.8 Å². The molecule has 178 valence electrons. The number of aliphatic hydroxyl groups excluding tert-OH is 1. The number of ketones is 1. The molecule has 5 heteroatoms. The Morgan fingerprint density at radius 2 is 1.88 bits per heavy atom. The summed E-state index contributed by atoms with van der Waals surface area (Å²) < 4.78 is 5.08. The second kappa shape index (κ2) is 10.3. The minimum Gasteiger partial charge on any atom is -0.468 e. The van der Waals surface area contributed by atoms with Crippen molar-refractivity contribution in [3.05, 3.63) is 34.4 Å². The van der Waals surface area contributed by atoms with Crippen molar-refractivity contribution in [3.63, 3.8) is 0 Å². The average molecular weight is 445 g/mol. The Labute approximate surface area is 193 Å². The van der Waals surface area contributed by atoms with Crippen LogP contribution in [0.1, 0.15) is 80.1 Å². The van der Waals surface area contributed by atoms with E-state index < -0.39 is 18.0 Å². The highest BCUT2D eigenvalue weighted by Crippen LogP contribution is 2.63. The van der Waals surface area contributed by atoms with Crippen LogP contribution in [-0.4, -0.2) is 36.4 Å². The van der Waals surface area contributed by atoms with E-state index in [1.807, 2.05) is 20.8 Å². The number of aldehydes is 1. The summed E-state index contributed by atoms with van der Waals surface area (Å²) in [6, 6.07) is 0. The zero-order chi connectivity index (χ0) is 24.3. The first-order chi connectivity index (χ1) is 15.2. The molecular formula is C27H40O5. The molecule has 0 heterocycles. The summed E-state index contributed by atoms with van der Waals surface area (Å²) in [4.78, 5) is 33.9. The lowest BCUT2D eigenvalue weighted by molar-refractivity contribution is -0.147. The molecule has 32 heavy (non-hydrogen) atoms. The van der Waals surface area contributed by atoms with Gasteiger partial charge in [-0.05, 0) is 59.8 Å². The summed E-state index contributed by atoms with van der Waals surface area (Å²) in [5.41, 5.74) is 3.91. The minimum atomic E-state index is -0.991. The molecule has 0 saturated heterocycles. The predicted molar refractivity (Wildman–Crippen MR) is 126 cm³/mol. The Hall–Kier alpha value is -2.01. The lowest BCUT2D eigenvalue weighted by Crippen LogP contribution is -2.49. The lowest BCUT2D eigenvalue weighted by Gasteiger charge is -2.52. The third kappa shape index (κ3) is 4.16. The number of hydrogen-bond donors (Lipinski definition) is 1. The van der Waals surface area contributed by atoms with Gasteiger partial charge in [-0.2, -0.15) is 0 Å². The largest absolute Gasteiger partial charge is 0.468 e. The molecule has 0 aromatic heterocycles. The van der Waals surface area contributed by atoms with E-state index >= 15 is 0 Å².